The van der Waals surface area contributed by atoms with Crippen molar-refractivity contribution in [2.24, 2.45) is 5.10 Å². The molecular formula is C17H15N3O. The third-order valence-electron chi connectivity index (χ3n) is 4.19. The van der Waals surface area contributed by atoms with Crippen LogP contribution in [0, 0.1) is 6.92 Å². The average molecular weight is 277 g/mol. The standard InChI is InChI=1S/C17H15N3O/c1-11-7-8-14-13(9-11)17(16(21)18-14)10-15(19-20-17)12-5-3-2-4-6-12/h2-9,20H,10H2,1H3,(H,18,21)/t17-/m0/s1. The molecule has 2 aliphatic rings. The first-order valence-corrected chi connectivity index (χ1v) is 7.01. The summed E-state index contributed by atoms with van der Waals surface area (Å²) in [5.74, 6) is -0.0298. The van der Waals surface area contributed by atoms with Crippen molar-refractivity contribution < 1.29 is 4.79 Å². The minimum absolute atomic E-state index is 0.0298. The number of hydrogen-bond donors (Lipinski definition) is 2. The first kappa shape index (κ1) is 12.1. The highest BCUT2D eigenvalue weighted by Crippen LogP contribution is 2.41. The maximum atomic E-state index is 12.5. The molecule has 1 atom stereocenters. The molecule has 0 unspecified atom stereocenters. The van der Waals surface area contributed by atoms with Gasteiger partial charge in [-0.25, -0.2) is 0 Å². The average Bonchev–Trinajstić information content (AvgIpc) is 3.06. The van der Waals surface area contributed by atoms with Crippen molar-refractivity contribution in [3.8, 4) is 0 Å². The Morgan fingerprint density at radius 2 is 1.95 bits per heavy atom. The van der Waals surface area contributed by atoms with Gasteiger partial charge >= 0.3 is 0 Å². The molecule has 0 saturated carbocycles. The lowest BCUT2D eigenvalue weighted by atomic mass is 9.85. The van der Waals surface area contributed by atoms with E-state index in [1.54, 1.807) is 0 Å². The third kappa shape index (κ3) is 1.69. The van der Waals surface area contributed by atoms with Crippen molar-refractivity contribution in [1.29, 1.82) is 0 Å². The summed E-state index contributed by atoms with van der Waals surface area (Å²) in [6.07, 6.45) is 0.569. The number of carbonyl (C=O) groups is 1. The molecule has 1 amide bonds. The number of hydrogen-bond acceptors (Lipinski definition) is 3. The predicted molar refractivity (Wildman–Crippen MR) is 82.2 cm³/mol. The molecule has 0 fully saturated rings. The number of hydrazone groups is 1. The van der Waals surface area contributed by atoms with Crippen LogP contribution in [0.2, 0.25) is 0 Å². The summed E-state index contributed by atoms with van der Waals surface area (Å²) in [5, 5.41) is 7.38. The second-order valence-electron chi connectivity index (χ2n) is 5.62. The largest absolute Gasteiger partial charge is 0.323 e. The van der Waals surface area contributed by atoms with E-state index >= 15 is 0 Å². The number of rotatable bonds is 1. The van der Waals surface area contributed by atoms with Crippen molar-refractivity contribution in [2.75, 3.05) is 5.32 Å². The number of amides is 1. The van der Waals surface area contributed by atoms with Gasteiger partial charge in [0.1, 0.15) is 0 Å². The van der Waals surface area contributed by atoms with Crippen molar-refractivity contribution >= 4 is 17.3 Å². The lowest BCUT2D eigenvalue weighted by molar-refractivity contribution is -0.121. The Morgan fingerprint density at radius 3 is 2.76 bits per heavy atom. The summed E-state index contributed by atoms with van der Waals surface area (Å²) in [4.78, 5) is 12.5. The number of aryl methyl sites for hydroxylation is 1. The van der Waals surface area contributed by atoms with Crippen LogP contribution >= 0.6 is 0 Å². The number of nitrogens with zero attached hydrogens (tertiary/aromatic N) is 1. The van der Waals surface area contributed by atoms with Gasteiger partial charge in [-0.2, -0.15) is 5.10 Å². The van der Waals surface area contributed by atoms with E-state index in [0.717, 1.165) is 28.1 Å². The molecule has 0 bridgehead atoms. The summed E-state index contributed by atoms with van der Waals surface area (Å²) in [7, 11) is 0. The van der Waals surface area contributed by atoms with Crippen LogP contribution in [0.4, 0.5) is 5.69 Å². The molecule has 4 nitrogen and oxygen atoms in total. The van der Waals surface area contributed by atoms with E-state index in [1.807, 2.05) is 49.4 Å². The van der Waals surface area contributed by atoms with Gasteiger partial charge in [0.05, 0.1) is 5.71 Å². The van der Waals surface area contributed by atoms with Crippen molar-refractivity contribution in [1.82, 2.24) is 5.43 Å². The highest BCUT2D eigenvalue weighted by molar-refractivity contribution is 6.13. The molecule has 2 aliphatic heterocycles. The molecule has 4 rings (SSSR count). The molecule has 104 valence electrons. The molecule has 0 radical (unpaired) electrons. The van der Waals surface area contributed by atoms with E-state index in [9.17, 15) is 4.79 Å². The Bertz CT molecular complexity index is 767. The molecule has 0 aliphatic carbocycles. The maximum Gasteiger partial charge on any atom is 0.256 e. The van der Waals surface area contributed by atoms with Crippen molar-refractivity contribution in [3.05, 3.63) is 65.2 Å². The summed E-state index contributed by atoms with van der Waals surface area (Å²) in [5.41, 5.74) is 7.30. The summed E-state index contributed by atoms with van der Waals surface area (Å²) in [6, 6.07) is 16.0. The first-order chi connectivity index (χ1) is 10.2. The predicted octanol–water partition coefficient (Wildman–Crippen LogP) is 2.54. The van der Waals surface area contributed by atoms with Crippen molar-refractivity contribution in [3.63, 3.8) is 0 Å². The van der Waals surface area contributed by atoms with Gasteiger partial charge < -0.3 is 5.32 Å². The Morgan fingerprint density at radius 1 is 1.14 bits per heavy atom. The second kappa shape index (κ2) is 4.19. The fourth-order valence-electron chi connectivity index (χ4n) is 3.05. The number of nitrogens with one attached hydrogen (secondary N) is 2. The molecule has 4 heteroatoms. The smallest absolute Gasteiger partial charge is 0.256 e. The van der Waals surface area contributed by atoms with Crippen molar-refractivity contribution in [2.45, 2.75) is 18.9 Å². The van der Waals surface area contributed by atoms with Crippen LogP contribution < -0.4 is 10.7 Å². The topological polar surface area (TPSA) is 53.5 Å². The van der Waals surface area contributed by atoms with Crippen LogP contribution in [0.1, 0.15) is 23.1 Å². The van der Waals surface area contributed by atoms with Gasteiger partial charge in [0, 0.05) is 17.7 Å². The molecule has 2 heterocycles. The van der Waals surface area contributed by atoms with Gasteiger partial charge in [-0.1, -0.05) is 48.0 Å². The lowest BCUT2D eigenvalue weighted by Gasteiger charge is -2.21. The zero-order chi connectivity index (χ0) is 14.4. The van der Waals surface area contributed by atoms with Gasteiger partial charge in [0.15, 0.2) is 5.54 Å². The molecule has 0 aromatic heterocycles. The lowest BCUT2D eigenvalue weighted by Crippen LogP contribution is -2.42. The maximum absolute atomic E-state index is 12.5. The van der Waals surface area contributed by atoms with E-state index in [0.29, 0.717) is 6.42 Å². The van der Waals surface area contributed by atoms with Crippen LogP contribution in [0.15, 0.2) is 53.6 Å². The number of benzene rings is 2. The second-order valence-corrected chi connectivity index (χ2v) is 5.62. The van der Waals surface area contributed by atoms with E-state index in [1.165, 1.54) is 0 Å². The molecule has 0 saturated heterocycles. The Balaban J connectivity index is 1.76. The van der Waals surface area contributed by atoms with Crippen LogP contribution in [-0.4, -0.2) is 11.6 Å². The summed E-state index contributed by atoms with van der Waals surface area (Å²) >= 11 is 0. The zero-order valence-electron chi connectivity index (χ0n) is 11.7. The quantitative estimate of drug-likeness (QED) is 0.841. The molecule has 1 spiro atoms. The Hall–Kier alpha value is -2.62. The third-order valence-corrected chi connectivity index (χ3v) is 4.19. The summed E-state index contributed by atoms with van der Waals surface area (Å²) in [6.45, 7) is 2.03. The van der Waals surface area contributed by atoms with Gasteiger partial charge in [0.2, 0.25) is 0 Å². The Labute approximate surface area is 122 Å². The van der Waals surface area contributed by atoms with E-state index < -0.39 is 5.54 Å². The van der Waals surface area contributed by atoms with Crippen LogP contribution in [0.3, 0.4) is 0 Å². The van der Waals surface area contributed by atoms with E-state index in [4.69, 9.17) is 0 Å². The molecule has 21 heavy (non-hydrogen) atoms. The highest BCUT2D eigenvalue weighted by Gasteiger charge is 2.50. The number of anilines is 1. The molecule has 2 aromatic carbocycles. The first-order valence-electron chi connectivity index (χ1n) is 7.01. The van der Waals surface area contributed by atoms with Gasteiger partial charge in [-0.3, -0.25) is 10.2 Å². The van der Waals surface area contributed by atoms with Gasteiger partial charge in [-0.05, 0) is 18.6 Å². The van der Waals surface area contributed by atoms with Crippen LogP contribution in [0.25, 0.3) is 0 Å². The number of fused-ring (bicyclic) bond motifs is 2. The highest BCUT2D eigenvalue weighted by atomic mass is 16.2. The monoisotopic (exact) mass is 277 g/mol. The van der Waals surface area contributed by atoms with Crippen LogP contribution in [-0.2, 0) is 10.3 Å². The fraction of sp³-hybridized carbons (Fsp3) is 0.176. The van der Waals surface area contributed by atoms with E-state index in [2.05, 4.69) is 21.9 Å². The minimum atomic E-state index is -0.757. The number of carbonyl (C=O) groups excluding carboxylic acids is 1. The fourth-order valence-corrected chi connectivity index (χ4v) is 3.05. The normalized spacial score (nSPS) is 22.7. The zero-order valence-corrected chi connectivity index (χ0v) is 11.7. The molecule has 2 aromatic rings. The minimum Gasteiger partial charge on any atom is -0.323 e. The van der Waals surface area contributed by atoms with Gasteiger partial charge in [-0.15, -0.1) is 0 Å². The SMILES string of the molecule is Cc1ccc2c(c1)[C@@]1(CC(c3ccccc3)=NN1)C(=O)N2. The molecular weight excluding hydrogens is 262 g/mol. The van der Waals surface area contributed by atoms with Gasteiger partial charge in [0.25, 0.3) is 5.91 Å². The van der Waals surface area contributed by atoms with E-state index in [-0.39, 0.29) is 5.91 Å². The Kier molecular flexibility index (Phi) is 2.42. The summed E-state index contributed by atoms with van der Waals surface area (Å²) < 4.78 is 0. The van der Waals surface area contributed by atoms with Crippen LogP contribution in [0.5, 0.6) is 0 Å². The molecule has 2 N–H and O–H groups in total.